The molecule has 0 fully saturated rings. The van der Waals surface area contributed by atoms with Crippen LogP contribution in [-0.2, 0) is 4.79 Å². The van der Waals surface area contributed by atoms with Gasteiger partial charge in [0.05, 0.1) is 22.5 Å². The molecule has 0 aliphatic heterocycles. The number of hydrogen-bond acceptors (Lipinski definition) is 4. The van der Waals surface area contributed by atoms with Gasteiger partial charge < -0.3 is 10.6 Å². The summed E-state index contributed by atoms with van der Waals surface area (Å²) in [5.41, 5.74) is 0.842. The molecule has 1 aromatic carbocycles. The first-order chi connectivity index (χ1) is 12.0. The van der Waals surface area contributed by atoms with Crippen LogP contribution < -0.4 is 10.6 Å². The topological polar surface area (TPSA) is 71.1 Å². The maximum atomic E-state index is 12.5. The van der Waals surface area contributed by atoms with Crippen LogP contribution in [0.1, 0.15) is 16.8 Å². The molecule has 0 radical (unpaired) electrons. The monoisotopic (exact) mass is 397 g/mol. The van der Waals surface area contributed by atoms with Crippen LogP contribution in [0.25, 0.3) is 0 Å². The summed E-state index contributed by atoms with van der Waals surface area (Å²) < 4.78 is 0. The van der Waals surface area contributed by atoms with Crippen molar-refractivity contribution in [2.75, 3.05) is 17.3 Å². The molecule has 25 heavy (non-hydrogen) atoms. The number of thioether (sulfide) groups is 1. The number of rotatable bonds is 7. The third-order valence-electron chi connectivity index (χ3n) is 3.34. The molecule has 132 valence electrons. The van der Waals surface area contributed by atoms with Crippen LogP contribution >= 0.6 is 35.0 Å². The van der Waals surface area contributed by atoms with Crippen molar-refractivity contribution >= 4 is 52.5 Å². The van der Waals surface area contributed by atoms with Gasteiger partial charge in [-0.15, -0.1) is 0 Å². The molecule has 8 heteroatoms. The molecule has 2 amide bonds. The largest absolute Gasteiger partial charge is 0.340 e. The fraction of sp³-hybridized carbons (Fsp3) is 0.235. The zero-order valence-corrected chi connectivity index (χ0v) is 15.8. The quantitative estimate of drug-likeness (QED) is 0.743. The van der Waals surface area contributed by atoms with Gasteiger partial charge in [-0.3, -0.25) is 14.6 Å². The predicted molar refractivity (Wildman–Crippen MR) is 104 cm³/mol. The minimum Gasteiger partial charge on any atom is -0.340 e. The first-order valence-corrected chi connectivity index (χ1v) is 9.62. The molecule has 0 unspecified atom stereocenters. The Hall–Kier alpha value is -1.76. The van der Waals surface area contributed by atoms with Crippen LogP contribution in [0.15, 0.2) is 42.7 Å². The maximum Gasteiger partial charge on any atom is 0.253 e. The summed E-state index contributed by atoms with van der Waals surface area (Å²) in [6.07, 6.45) is 5.59. The molecule has 2 N–H and O–H groups in total. The Kier molecular flexibility index (Phi) is 7.55. The molecule has 0 aliphatic rings. The van der Waals surface area contributed by atoms with Gasteiger partial charge in [0.1, 0.15) is 6.04 Å². The average molecular weight is 398 g/mol. The average Bonchev–Trinajstić information content (AvgIpc) is 2.59. The normalized spacial score (nSPS) is 11.6. The first-order valence-electron chi connectivity index (χ1n) is 7.47. The lowest BCUT2D eigenvalue weighted by molar-refractivity contribution is -0.118. The van der Waals surface area contributed by atoms with Gasteiger partial charge in [0.25, 0.3) is 5.91 Å². The van der Waals surface area contributed by atoms with Crippen molar-refractivity contribution in [1.82, 2.24) is 10.3 Å². The number of nitrogens with zero attached hydrogens (tertiary/aromatic N) is 1. The zero-order valence-electron chi connectivity index (χ0n) is 13.5. The van der Waals surface area contributed by atoms with E-state index in [2.05, 4.69) is 15.6 Å². The Balaban J connectivity index is 2.10. The fourth-order valence-electron chi connectivity index (χ4n) is 2.08. The Morgan fingerprint density at radius 1 is 1.28 bits per heavy atom. The highest BCUT2D eigenvalue weighted by molar-refractivity contribution is 7.98. The van der Waals surface area contributed by atoms with Crippen LogP contribution in [0.3, 0.4) is 0 Å². The Bertz CT molecular complexity index is 744. The Morgan fingerprint density at radius 2 is 2.08 bits per heavy atom. The van der Waals surface area contributed by atoms with E-state index in [1.54, 1.807) is 42.4 Å². The highest BCUT2D eigenvalue weighted by Crippen LogP contribution is 2.21. The molecule has 5 nitrogen and oxygen atoms in total. The highest BCUT2D eigenvalue weighted by Gasteiger charge is 2.22. The smallest absolute Gasteiger partial charge is 0.253 e. The minimum absolute atomic E-state index is 0.237. The number of anilines is 1. The van der Waals surface area contributed by atoms with Gasteiger partial charge in [0.15, 0.2) is 0 Å². The number of aromatic nitrogens is 1. The maximum absolute atomic E-state index is 12.5. The van der Waals surface area contributed by atoms with Crippen molar-refractivity contribution in [1.29, 1.82) is 0 Å². The summed E-state index contributed by atoms with van der Waals surface area (Å²) in [5, 5.41) is 6.17. The molecule has 1 heterocycles. The van der Waals surface area contributed by atoms with Gasteiger partial charge in [-0.05, 0) is 48.8 Å². The third-order valence-corrected chi connectivity index (χ3v) is 4.53. The molecule has 0 spiro atoms. The second kappa shape index (κ2) is 9.65. The van der Waals surface area contributed by atoms with E-state index in [1.807, 2.05) is 6.26 Å². The first kappa shape index (κ1) is 19.6. The van der Waals surface area contributed by atoms with Crippen molar-refractivity contribution in [3.8, 4) is 0 Å². The number of nitrogens with one attached hydrogen (secondary N) is 2. The van der Waals surface area contributed by atoms with Gasteiger partial charge in [0.2, 0.25) is 5.91 Å². The lowest BCUT2D eigenvalue weighted by Gasteiger charge is -2.18. The summed E-state index contributed by atoms with van der Waals surface area (Å²) in [7, 11) is 0. The zero-order chi connectivity index (χ0) is 18.2. The van der Waals surface area contributed by atoms with E-state index in [0.29, 0.717) is 17.1 Å². The highest BCUT2D eigenvalue weighted by atomic mass is 35.5. The summed E-state index contributed by atoms with van der Waals surface area (Å²) in [4.78, 5) is 28.9. The number of benzene rings is 1. The van der Waals surface area contributed by atoms with Crippen LogP contribution in [0.2, 0.25) is 10.0 Å². The lowest BCUT2D eigenvalue weighted by atomic mass is 10.1. The van der Waals surface area contributed by atoms with Crippen LogP contribution in [0.5, 0.6) is 0 Å². The van der Waals surface area contributed by atoms with E-state index in [0.717, 1.165) is 5.75 Å². The fourth-order valence-corrected chi connectivity index (χ4v) is 3.05. The molecule has 1 atom stereocenters. The number of carbonyl (C=O) groups is 2. The van der Waals surface area contributed by atoms with Gasteiger partial charge in [-0.25, -0.2) is 0 Å². The molecule has 0 saturated heterocycles. The van der Waals surface area contributed by atoms with E-state index in [1.165, 1.54) is 12.1 Å². The molecular weight excluding hydrogens is 381 g/mol. The number of amides is 2. The second-order valence-corrected chi connectivity index (χ2v) is 6.99. The molecule has 0 bridgehead atoms. The van der Waals surface area contributed by atoms with E-state index in [4.69, 9.17) is 23.2 Å². The molecule has 1 aromatic heterocycles. The van der Waals surface area contributed by atoms with Crippen molar-refractivity contribution in [2.24, 2.45) is 0 Å². The molecule has 2 rings (SSSR count). The minimum atomic E-state index is -0.688. The molecule has 0 aliphatic carbocycles. The van der Waals surface area contributed by atoms with Crippen molar-refractivity contribution in [3.63, 3.8) is 0 Å². The number of pyridine rings is 1. The number of halogens is 2. The van der Waals surface area contributed by atoms with Crippen molar-refractivity contribution in [2.45, 2.75) is 12.5 Å². The summed E-state index contributed by atoms with van der Waals surface area (Å²) in [5.74, 6) is -0.00525. The van der Waals surface area contributed by atoms with Crippen LogP contribution in [-0.4, -0.2) is 34.8 Å². The number of carbonyl (C=O) groups excluding carboxylic acids is 2. The standard InChI is InChI=1S/C17H17Cl2N3O2S/c1-25-8-6-15(17(24)21-12-3-2-7-20-10-12)22-16(23)13-5-4-11(18)9-14(13)19/h2-5,7,9-10,15H,6,8H2,1H3,(H,21,24)(H,22,23)/t15-/m1/s1. The molecule has 0 saturated carbocycles. The third kappa shape index (κ3) is 5.92. The van der Waals surface area contributed by atoms with Gasteiger partial charge in [-0.1, -0.05) is 23.2 Å². The Labute approximate surface area is 160 Å². The lowest BCUT2D eigenvalue weighted by Crippen LogP contribution is -2.44. The van der Waals surface area contributed by atoms with Gasteiger partial charge >= 0.3 is 0 Å². The Morgan fingerprint density at radius 3 is 2.72 bits per heavy atom. The van der Waals surface area contributed by atoms with Crippen LogP contribution in [0.4, 0.5) is 5.69 Å². The van der Waals surface area contributed by atoms with Crippen molar-refractivity contribution in [3.05, 3.63) is 58.3 Å². The number of hydrogen-bond donors (Lipinski definition) is 2. The van der Waals surface area contributed by atoms with E-state index in [-0.39, 0.29) is 16.5 Å². The summed E-state index contributed by atoms with van der Waals surface area (Å²) in [6, 6.07) is 7.36. The summed E-state index contributed by atoms with van der Waals surface area (Å²) in [6.45, 7) is 0. The van der Waals surface area contributed by atoms with Crippen molar-refractivity contribution < 1.29 is 9.59 Å². The molecular formula is C17H17Cl2N3O2S. The van der Waals surface area contributed by atoms with E-state index in [9.17, 15) is 9.59 Å². The predicted octanol–water partition coefficient (Wildman–Crippen LogP) is 3.88. The van der Waals surface area contributed by atoms with E-state index < -0.39 is 11.9 Å². The van der Waals surface area contributed by atoms with Crippen LogP contribution in [0, 0.1) is 0 Å². The SMILES string of the molecule is CSCC[C@@H](NC(=O)c1ccc(Cl)cc1Cl)C(=O)Nc1cccnc1. The van der Waals surface area contributed by atoms with Gasteiger partial charge in [-0.2, -0.15) is 11.8 Å². The van der Waals surface area contributed by atoms with Gasteiger partial charge in [0, 0.05) is 11.2 Å². The molecule has 2 aromatic rings. The summed E-state index contributed by atoms with van der Waals surface area (Å²) >= 11 is 13.5. The van der Waals surface area contributed by atoms with E-state index >= 15 is 0 Å². The second-order valence-electron chi connectivity index (χ2n) is 5.16.